The van der Waals surface area contributed by atoms with E-state index in [0.717, 1.165) is 147 Å². The summed E-state index contributed by atoms with van der Waals surface area (Å²) in [5, 5.41) is 57.0. The van der Waals surface area contributed by atoms with E-state index in [0.29, 0.717) is 24.8 Å². The van der Waals surface area contributed by atoms with Gasteiger partial charge in [-0.05, 0) is 198 Å². The van der Waals surface area contributed by atoms with Gasteiger partial charge in [0.15, 0.2) is 37.3 Å². The Morgan fingerprint density at radius 1 is 0.577 bits per heavy atom. The maximum absolute atomic E-state index is 15.9. The standard InChI is InChI=1S/C62H34O16/c1-57(53(71)75-14-26(63)64,54(72)76-15-27(65)66)59-7-5-20-10-21-9-19-4-6-58-13-24-12-23-11-22-8-18-2-3-25(59)35-30(18)36-32(22)45-47-43-40(36)39(35)46-42-38(34(20)51(46)59)31(21)37-33(19)50(58)48(44(37)41(42)43)52(47)60(49(23)45)61(62(24,58)60,55(73)77-16-28(67)68)56(74)78-17-29(69)70/h2-4,6,8-11,24,49,51H,5,7,12-17H2,1H3,(H,63,64)(H,65,66)(H,67,68)(H,69,70). The van der Waals surface area contributed by atoms with Crippen molar-refractivity contribution >= 4 is 157 Å². The van der Waals surface area contributed by atoms with Gasteiger partial charge in [-0.1, -0.05) is 42.0 Å². The second-order valence-corrected chi connectivity index (χ2v) is 24.4. The molecule has 16 heteroatoms. The number of carboxylic acid groups (broad SMARTS) is 4. The minimum Gasteiger partial charge on any atom is -0.479 e. The third-order valence-corrected chi connectivity index (χ3v) is 22.6. The Hall–Kier alpha value is -8.92. The van der Waals surface area contributed by atoms with E-state index in [9.17, 15) is 39.6 Å². The Morgan fingerprint density at radius 2 is 1.15 bits per heavy atom. The largest absolute Gasteiger partial charge is 0.479 e. The van der Waals surface area contributed by atoms with E-state index in [1.54, 1.807) is 0 Å². The number of esters is 4. The zero-order valence-electron chi connectivity index (χ0n) is 40.7. The SMILES string of the molecule is CC(C(=O)OCC(=O)O)(C(=O)OCC(=O)O)C12CCc3cc4cc5c6c7c8c9c%10c%11c%12c(cc%13ccc1c1c%14c%15c%16c(c3C%152)c4c6c8c%16c%10c%14c%12c%131)C=C1CC2CC7(C=C5)C23C(C(=O)OCC(=O)O)(C(=O)OCC(=O)O)C93C1%11. The molecule has 7 atom stereocenters. The summed E-state index contributed by atoms with van der Waals surface area (Å²) in [5.41, 5.74) is -0.545. The van der Waals surface area contributed by atoms with Crippen molar-refractivity contribution in [3.63, 3.8) is 0 Å². The molecule has 0 heterocycles. The van der Waals surface area contributed by atoms with Gasteiger partial charge in [-0.2, -0.15) is 0 Å². The molecule has 10 aromatic carbocycles. The fourth-order valence-electron chi connectivity index (χ4n) is 21.6. The van der Waals surface area contributed by atoms with Crippen LogP contribution in [-0.4, -0.2) is 94.6 Å². The van der Waals surface area contributed by atoms with Crippen LogP contribution in [0.2, 0.25) is 0 Å². The lowest BCUT2D eigenvalue weighted by atomic mass is 9.38. The van der Waals surface area contributed by atoms with Gasteiger partial charge in [0, 0.05) is 33.5 Å². The highest BCUT2D eigenvalue weighted by molar-refractivity contribution is 6.56. The molecule has 16 nitrogen and oxygen atoms in total. The lowest BCUT2D eigenvalue weighted by Gasteiger charge is -2.64. The maximum atomic E-state index is 15.9. The van der Waals surface area contributed by atoms with Crippen LogP contribution >= 0.6 is 0 Å². The van der Waals surface area contributed by atoms with Gasteiger partial charge >= 0.3 is 47.8 Å². The van der Waals surface area contributed by atoms with Crippen molar-refractivity contribution in [1.29, 1.82) is 0 Å². The molecule has 10 aromatic rings. The highest BCUT2D eigenvalue weighted by atomic mass is 16.6. The summed E-state index contributed by atoms with van der Waals surface area (Å²) in [5.74, 6) is -11.8. The maximum Gasteiger partial charge on any atom is 0.341 e. The Labute approximate surface area is 434 Å². The number of hydrogen-bond acceptors (Lipinski definition) is 12. The van der Waals surface area contributed by atoms with Crippen LogP contribution in [0.4, 0.5) is 0 Å². The highest BCUT2D eigenvalue weighted by Crippen LogP contribution is 3.03. The van der Waals surface area contributed by atoms with Crippen molar-refractivity contribution in [2.75, 3.05) is 26.4 Å². The van der Waals surface area contributed by atoms with E-state index < -0.39 is 119 Å². The van der Waals surface area contributed by atoms with Gasteiger partial charge in [0.2, 0.25) is 0 Å². The molecule has 3 spiro atoms. The first-order valence-corrected chi connectivity index (χ1v) is 26.3. The summed E-state index contributed by atoms with van der Waals surface area (Å²) in [4.78, 5) is 112. The topological polar surface area (TPSA) is 254 Å². The number of fused-ring (bicyclic) bond motifs is 1. The van der Waals surface area contributed by atoms with E-state index >= 15 is 19.2 Å². The molecular formula is C62H34O16. The molecule has 3 saturated carbocycles. The van der Waals surface area contributed by atoms with Crippen molar-refractivity contribution in [3.05, 3.63) is 92.1 Å². The van der Waals surface area contributed by atoms with Crippen LogP contribution in [0.3, 0.4) is 0 Å². The number of benzene rings is 8. The fourth-order valence-corrected chi connectivity index (χ4v) is 21.6. The second kappa shape index (κ2) is 11.4. The minimum atomic E-state index is -2.33. The molecule has 0 radical (unpaired) electrons. The van der Waals surface area contributed by atoms with Crippen LogP contribution in [0, 0.1) is 22.2 Å². The summed E-state index contributed by atoms with van der Waals surface area (Å²) < 4.78 is 23.1. The van der Waals surface area contributed by atoms with Gasteiger partial charge in [-0.3, -0.25) is 19.2 Å². The fraction of sp³-hybridized carbons (Fsp3) is 0.290. The quantitative estimate of drug-likeness (QED) is 0.0282. The number of hydrogen-bond donors (Lipinski definition) is 4. The van der Waals surface area contributed by atoms with Gasteiger partial charge in [0.05, 0.1) is 0 Å². The first kappa shape index (κ1) is 41.3. The van der Waals surface area contributed by atoms with Gasteiger partial charge in [-0.15, -0.1) is 0 Å². The van der Waals surface area contributed by atoms with Crippen LogP contribution in [0.5, 0.6) is 0 Å². The third kappa shape index (κ3) is 3.25. The smallest absolute Gasteiger partial charge is 0.341 e. The molecular weight excluding hydrogens is 1000 g/mol. The van der Waals surface area contributed by atoms with Crippen molar-refractivity contribution in [3.8, 4) is 0 Å². The molecule has 10 aliphatic rings. The average Bonchev–Trinajstić information content (AvgIpc) is 1.37. The van der Waals surface area contributed by atoms with E-state index in [-0.39, 0.29) is 12.3 Å². The first-order chi connectivity index (χ1) is 37.5. The number of allylic oxidation sites excluding steroid dienone is 2. The predicted molar refractivity (Wildman–Crippen MR) is 275 cm³/mol. The van der Waals surface area contributed by atoms with E-state index in [1.165, 1.54) is 6.92 Å². The van der Waals surface area contributed by atoms with Crippen LogP contribution < -0.4 is 0 Å². The van der Waals surface area contributed by atoms with Crippen LogP contribution in [0.15, 0.2) is 42.0 Å². The summed E-state index contributed by atoms with van der Waals surface area (Å²) in [7, 11) is 0. The van der Waals surface area contributed by atoms with E-state index in [2.05, 4.69) is 36.4 Å². The van der Waals surface area contributed by atoms with Gasteiger partial charge in [0.25, 0.3) is 0 Å². The zero-order chi connectivity index (χ0) is 52.7. The molecule has 20 rings (SSSR count). The summed E-state index contributed by atoms with van der Waals surface area (Å²) >= 11 is 0. The van der Waals surface area contributed by atoms with Crippen LogP contribution in [0.25, 0.3) is 109 Å². The molecule has 378 valence electrons. The molecule has 3 fully saturated rings. The van der Waals surface area contributed by atoms with E-state index in [1.807, 2.05) is 12.1 Å². The Bertz CT molecular complexity index is 4970. The van der Waals surface area contributed by atoms with Gasteiger partial charge in [0.1, 0.15) is 0 Å². The number of ether oxygens (including phenoxy) is 4. The van der Waals surface area contributed by atoms with Crippen LogP contribution in [0.1, 0.15) is 88.1 Å². The third-order valence-electron chi connectivity index (χ3n) is 22.6. The minimum absolute atomic E-state index is 0.192. The Balaban J connectivity index is 1.04. The molecule has 4 N–H and O–H groups in total. The van der Waals surface area contributed by atoms with Crippen molar-refractivity contribution < 1.29 is 77.7 Å². The lowest BCUT2D eigenvalue weighted by molar-refractivity contribution is -0.183. The lowest BCUT2D eigenvalue weighted by Crippen LogP contribution is -2.62. The molecule has 10 aliphatic carbocycles. The van der Waals surface area contributed by atoms with Crippen molar-refractivity contribution in [2.24, 2.45) is 22.2 Å². The summed E-state index contributed by atoms with van der Waals surface area (Å²) in [6.45, 7) is -2.72. The normalized spacial score (nSPS) is 28.1. The average molecular weight is 1030 g/mol. The second-order valence-electron chi connectivity index (χ2n) is 24.4. The van der Waals surface area contributed by atoms with Gasteiger partial charge in [-0.25, -0.2) is 19.2 Å². The molecule has 0 aromatic heterocycles. The number of carboxylic acids is 4. The zero-order valence-corrected chi connectivity index (χ0v) is 40.7. The first-order valence-electron chi connectivity index (χ1n) is 26.3. The number of carbonyl (C=O) groups is 8. The molecule has 0 amide bonds. The summed E-state index contributed by atoms with van der Waals surface area (Å²) in [6, 6.07) is 10.6. The molecule has 0 aliphatic heterocycles. The van der Waals surface area contributed by atoms with Crippen molar-refractivity contribution in [2.45, 2.75) is 60.7 Å². The van der Waals surface area contributed by atoms with E-state index in [4.69, 9.17) is 18.9 Å². The Morgan fingerprint density at radius 3 is 1.85 bits per heavy atom. The predicted octanol–water partition coefficient (Wildman–Crippen LogP) is 7.84. The molecule has 0 bridgehead atoms. The summed E-state index contributed by atoms with van der Waals surface area (Å²) in [6.07, 6.45) is 8.08. The number of carbonyl (C=O) groups excluding carboxylic acids is 4. The van der Waals surface area contributed by atoms with Gasteiger partial charge < -0.3 is 39.4 Å². The van der Waals surface area contributed by atoms with Crippen molar-refractivity contribution in [1.82, 2.24) is 0 Å². The molecule has 0 saturated heterocycles. The van der Waals surface area contributed by atoms with Crippen LogP contribution in [-0.2, 0) is 80.0 Å². The molecule has 7 unspecified atom stereocenters. The number of rotatable bonds is 13. The highest BCUT2D eigenvalue weighted by Gasteiger charge is 3.08. The monoisotopic (exact) mass is 1030 g/mol. The number of aliphatic carboxylic acids is 4. The molecule has 78 heavy (non-hydrogen) atoms. The Kier molecular flexibility index (Phi) is 6.02. The number of aryl methyl sites for hydroxylation is 1.